The van der Waals surface area contributed by atoms with Gasteiger partial charge in [0.2, 0.25) is 0 Å². The van der Waals surface area contributed by atoms with E-state index in [2.05, 4.69) is 20.6 Å². The Hall–Kier alpha value is -2.14. The van der Waals surface area contributed by atoms with Crippen molar-refractivity contribution in [2.24, 2.45) is 0 Å². The normalized spacial score (nSPS) is 11.8. The van der Waals surface area contributed by atoms with Gasteiger partial charge in [-0.3, -0.25) is 9.97 Å². The fourth-order valence-electron chi connectivity index (χ4n) is 1.71. The highest BCUT2D eigenvalue weighted by molar-refractivity contribution is 6.34. The van der Waals surface area contributed by atoms with Gasteiger partial charge in [-0.2, -0.15) is 0 Å². The molecule has 5 nitrogen and oxygen atoms in total. The van der Waals surface area contributed by atoms with E-state index in [1.807, 2.05) is 25.1 Å². The highest BCUT2D eigenvalue weighted by Gasteiger charge is 2.12. The summed E-state index contributed by atoms with van der Waals surface area (Å²) in [4.78, 5) is 20.2. The predicted molar refractivity (Wildman–Crippen MR) is 78.8 cm³/mol. The number of urea groups is 1. The topological polar surface area (TPSA) is 66.9 Å². The summed E-state index contributed by atoms with van der Waals surface area (Å²) in [5.41, 5.74) is 1.99. The summed E-state index contributed by atoms with van der Waals surface area (Å²) in [6, 6.07) is 6.68. The van der Waals surface area contributed by atoms with Crippen LogP contribution in [-0.4, -0.2) is 16.0 Å². The Morgan fingerprint density at radius 2 is 2.05 bits per heavy atom. The van der Waals surface area contributed by atoms with Crippen LogP contribution in [0, 0.1) is 6.92 Å². The number of carbonyl (C=O) groups is 1. The molecule has 0 aliphatic carbocycles. The fraction of sp³-hybridized carbons (Fsp3) is 0.214. The number of hydrogen-bond donors (Lipinski definition) is 2. The molecule has 0 saturated carbocycles. The second kappa shape index (κ2) is 6.34. The summed E-state index contributed by atoms with van der Waals surface area (Å²) in [7, 11) is 0. The highest BCUT2D eigenvalue weighted by Crippen LogP contribution is 2.23. The molecule has 0 spiro atoms. The van der Waals surface area contributed by atoms with Gasteiger partial charge in [-0.1, -0.05) is 17.7 Å². The smallest absolute Gasteiger partial charge is 0.319 e. The number of pyridine rings is 2. The number of nitrogens with zero attached hydrogens (tertiary/aromatic N) is 2. The molecular formula is C14H15ClN4O. The van der Waals surface area contributed by atoms with Gasteiger partial charge in [0.05, 0.1) is 28.1 Å². The number of aryl methyl sites for hydroxylation is 1. The lowest BCUT2D eigenvalue weighted by Crippen LogP contribution is -2.31. The second-order valence-corrected chi connectivity index (χ2v) is 4.71. The summed E-state index contributed by atoms with van der Waals surface area (Å²) in [5.74, 6) is 0. The number of nitrogens with one attached hydrogen (secondary N) is 2. The number of hydrogen-bond acceptors (Lipinski definition) is 3. The van der Waals surface area contributed by atoms with Crippen molar-refractivity contribution in [1.82, 2.24) is 15.3 Å². The first-order valence-electron chi connectivity index (χ1n) is 6.17. The quantitative estimate of drug-likeness (QED) is 0.911. The maximum Gasteiger partial charge on any atom is 0.319 e. The van der Waals surface area contributed by atoms with Gasteiger partial charge >= 0.3 is 6.03 Å². The molecule has 0 aromatic carbocycles. The molecule has 2 aromatic heterocycles. The fourth-order valence-corrected chi connectivity index (χ4v) is 1.86. The Kier molecular flexibility index (Phi) is 4.53. The molecular weight excluding hydrogens is 276 g/mol. The summed E-state index contributed by atoms with van der Waals surface area (Å²) in [6.45, 7) is 3.64. The minimum Gasteiger partial charge on any atom is -0.330 e. The molecule has 2 rings (SSSR count). The average Bonchev–Trinajstić information content (AvgIpc) is 2.45. The zero-order chi connectivity index (χ0) is 14.5. The van der Waals surface area contributed by atoms with Gasteiger partial charge < -0.3 is 10.6 Å². The van der Waals surface area contributed by atoms with Gasteiger partial charge in [0.15, 0.2) is 0 Å². The molecule has 104 valence electrons. The van der Waals surface area contributed by atoms with Gasteiger partial charge in [0.25, 0.3) is 0 Å². The van der Waals surface area contributed by atoms with Crippen LogP contribution in [0.3, 0.4) is 0 Å². The highest BCUT2D eigenvalue weighted by atomic mass is 35.5. The van der Waals surface area contributed by atoms with Crippen molar-refractivity contribution in [3.8, 4) is 0 Å². The largest absolute Gasteiger partial charge is 0.330 e. The van der Waals surface area contributed by atoms with E-state index in [9.17, 15) is 4.79 Å². The third kappa shape index (κ3) is 3.45. The minimum absolute atomic E-state index is 0.196. The first kappa shape index (κ1) is 14.3. The Morgan fingerprint density at radius 3 is 2.75 bits per heavy atom. The van der Waals surface area contributed by atoms with E-state index in [1.165, 1.54) is 0 Å². The van der Waals surface area contributed by atoms with Crippen molar-refractivity contribution in [2.75, 3.05) is 5.32 Å². The van der Waals surface area contributed by atoms with Gasteiger partial charge in [-0.05, 0) is 32.0 Å². The maximum absolute atomic E-state index is 11.9. The van der Waals surface area contributed by atoms with Crippen LogP contribution < -0.4 is 10.6 Å². The van der Waals surface area contributed by atoms with Crippen molar-refractivity contribution in [1.29, 1.82) is 0 Å². The minimum atomic E-state index is -0.337. The van der Waals surface area contributed by atoms with Crippen LogP contribution in [0.25, 0.3) is 0 Å². The molecule has 0 radical (unpaired) electrons. The molecule has 6 heteroatoms. The van der Waals surface area contributed by atoms with E-state index >= 15 is 0 Å². The number of carbonyl (C=O) groups excluding carboxylic acids is 1. The zero-order valence-electron chi connectivity index (χ0n) is 11.2. The Morgan fingerprint density at radius 1 is 1.25 bits per heavy atom. The molecule has 0 fully saturated rings. The first-order chi connectivity index (χ1) is 9.58. The number of halogens is 1. The van der Waals surface area contributed by atoms with E-state index in [0.717, 1.165) is 5.69 Å². The van der Waals surface area contributed by atoms with E-state index in [-0.39, 0.29) is 12.1 Å². The van der Waals surface area contributed by atoms with Crippen molar-refractivity contribution < 1.29 is 4.79 Å². The summed E-state index contributed by atoms with van der Waals surface area (Å²) < 4.78 is 0. The van der Waals surface area contributed by atoms with E-state index in [0.29, 0.717) is 16.4 Å². The first-order valence-corrected chi connectivity index (χ1v) is 6.55. The number of aromatic nitrogens is 2. The summed E-state index contributed by atoms with van der Waals surface area (Å²) in [5, 5.41) is 5.94. The molecule has 20 heavy (non-hydrogen) atoms. The molecule has 0 aliphatic rings. The van der Waals surface area contributed by atoms with Crippen molar-refractivity contribution >= 4 is 23.3 Å². The van der Waals surface area contributed by atoms with Crippen molar-refractivity contribution in [3.63, 3.8) is 0 Å². The molecule has 0 saturated heterocycles. The Balaban J connectivity index is 2.01. The second-order valence-electron chi connectivity index (χ2n) is 4.33. The molecule has 2 amide bonds. The molecule has 1 atom stereocenters. The Labute approximate surface area is 122 Å². The summed E-state index contributed by atoms with van der Waals surface area (Å²) in [6.07, 6.45) is 3.29. The number of rotatable bonds is 3. The SMILES string of the molecule is Cc1nccc(NC(=O)N[C@H](C)c2ccccn2)c1Cl. The van der Waals surface area contributed by atoms with Gasteiger partial charge in [0, 0.05) is 12.4 Å². The lowest BCUT2D eigenvalue weighted by atomic mass is 10.2. The van der Waals surface area contributed by atoms with E-state index < -0.39 is 0 Å². The van der Waals surface area contributed by atoms with Crippen LogP contribution in [0.1, 0.15) is 24.4 Å². The molecule has 2 N–H and O–H groups in total. The molecule has 2 aromatic rings. The number of amides is 2. The third-order valence-electron chi connectivity index (χ3n) is 2.79. The van der Waals surface area contributed by atoms with Crippen LogP contribution in [0.4, 0.5) is 10.5 Å². The lowest BCUT2D eigenvalue weighted by Gasteiger charge is -2.15. The van der Waals surface area contributed by atoms with Crippen LogP contribution in [0.2, 0.25) is 5.02 Å². The van der Waals surface area contributed by atoms with Gasteiger partial charge in [-0.15, -0.1) is 0 Å². The maximum atomic E-state index is 11.9. The van der Waals surface area contributed by atoms with Crippen molar-refractivity contribution in [2.45, 2.75) is 19.9 Å². The van der Waals surface area contributed by atoms with E-state index in [1.54, 1.807) is 25.4 Å². The van der Waals surface area contributed by atoms with Crippen LogP contribution in [-0.2, 0) is 0 Å². The molecule has 0 unspecified atom stereocenters. The number of anilines is 1. The molecule has 0 bridgehead atoms. The Bertz CT molecular complexity index is 603. The van der Waals surface area contributed by atoms with Crippen LogP contribution >= 0.6 is 11.6 Å². The third-order valence-corrected chi connectivity index (χ3v) is 3.27. The van der Waals surface area contributed by atoms with Crippen molar-refractivity contribution in [3.05, 3.63) is 53.1 Å². The summed E-state index contributed by atoms with van der Waals surface area (Å²) >= 11 is 6.07. The van der Waals surface area contributed by atoms with Gasteiger partial charge in [-0.25, -0.2) is 4.79 Å². The van der Waals surface area contributed by atoms with E-state index in [4.69, 9.17) is 11.6 Å². The standard InChI is InChI=1S/C14H15ClN4O/c1-9(11-5-3-4-7-17-11)18-14(20)19-12-6-8-16-10(2)13(12)15/h3-9H,1-2H3,(H2,16,18,19,20)/t9-/m1/s1. The average molecular weight is 291 g/mol. The zero-order valence-corrected chi connectivity index (χ0v) is 12.0. The molecule has 0 aliphatic heterocycles. The predicted octanol–water partition coefficient (Wildman–Crippen LogP) is 3.32. The van der Waals surface area contributed by atoms with Crippen LogP contribution in [0.5, 0.6) is 0 Å². The van der Waals surface area contributed by atoms with Gasteiger partial charge in [0.1, 0.15) is 0 Å². The monoisotopic (exact) mass is 290 g/mol. The molecule has 2 heterocycles. The van der Waals surface area contributed by atoms with Crippen LogP contribution in [0.15, 0.2) is 36.7 Å². The lowest BCUT2D eigenvalue weighted by molar-refractivity contribution is 0.249.